The molecule has 0 aromatic heterocycles. The van der Waals surface area contributed by atoms with E-state index in [2.05, 4.69) is 60.6 Å². The summed E-state index contributed by atoms with van der Waals surface area (Å²) in [7, 11) is 1.36. The van der Waals surface area contributed by atoms with Crippen LogP contribution in [0.25, 0.3) is 0 Å². The number of rotatable bonds is 6. The van der Waals surface area contributed by atoms with Crippen LogP contribution in [-0.4, -0.2) is 19.0 Å². The molecule has 0 saturated heterocycles. The Morgan fingerprint density at radius 3 is 1.87 bits per heavy atom. The van der Waals surface area contributed by atoms with E-state index in [0.29, 0.717) is 12.2 Å². The van der Waals surface area contributed by atoms with Gasteiger partial charge in [0.25, 0.3) is 0 Å². The van der Waals surface area contributed by atoms with Gasteiger partial charge in [-0.25, -0.2) is 0 Å². The van der Waals surface area contributed by atoms with Gasteiger partial charge in [0, 0.05) is 17.5 Å². The minimum atomic E-state index is -0.553. The van der Waals surface area contributed by atoms with Crippen LogP contribution in [0.2, 0.25) is 0 Å². The Morgan fingerprint density at radius 2 is 1.42 bits per heavy atom. The number of methoxy groups -OCH3 is 1. The van der Waals surface area contributed by atoms with E-state index >= 15 is 0 Å². The second kappa shape index (κ2) is 9.67. The molecule has 4 nitrogen and oxygen atoms in total. The smallest absolute Gasteiger partial charge is 0.318 e. The molecule has 0 fully saturated rings. The van der Waals surface area contributed by atoms with Gasteiger partial charge in [-0.15, -0.1) is 0 Å². The summed E-state index contributed by atoms with van der Waals surface area (Å²) in [5.41, 5.74) is 3.58. The molecular weight excluding hydrogens is 388 g/mol. The van der Waals surface area contributed by atoms with Crippen LogP contribution in [0.4, 0.5) is 0 Å². The Kier molecular flexibility index (Phi) is 7.69. The van der Waals surface area contributed by atoms with Crippen LogP contribution in [-0.2, 0) is 25.2 Å². The molecule has 2 aromatic rings. The number of ether oxygens (including phenoxy) is 2. The molecule has 31 heavy (non-hydrogen) atoms. The molecule has 0 spiro atoms. The zero-order valence-electron chi connectivity index (χ0n) is 20.2. The highest BCUT2D eigenvalue weighted by Crippen LogP contribution is 2.41. The third-order valence-corrected chi connectivity index (χ3v) is 5.40. The standard InChI is InChI=1S/C27H36O4/c1-18-16-21(26(2,3)4)24(22(17-18)27(5,6)7)31-25(29)20(14-15-23(28)30-8)19-12-10-9-11-13-19/h9-13,16-17,20H,14-15H2,1-8H3/t20-/m0/s1. The average molecular weight is 425 g/mol. The van der Waals surface area contributed by atoms with Gasteiger partial charge < -0.3 is 9.47 Å². The van der Waals surface area contributed by atoms with Crippen molar-refractivity contribution in [1.29, 1.82) is 0 Å². The van der Waals surface area contributed by atoms with E-state index in [9.17, 15) is 9.59 Å². The van der Waals surface area contributed by atoms with Crippen molar-refractivity contribution in [2.24, 2.45) is 0 Å². The fourth-order valence-corrected chi connectivity index (χ4v) is 3.64. The van der Waals surface area contributed by atoms with Gasteiger partial charge in [-0.05, 0) is 29.7 Å². The molecule has 0 heterocycles. The summed E-state index contributed by atoms with van der Waals surface area (Å²) in [6.45, 7) is 14.8. The van der Waals surface area contributed by atoms with Crippen LogP contribution >= 0.6 is 0 Å². The van der Waals surface area contributed by atoms with Crippen LogP contribution < -0.4 is 4.74 Å². The summed E-state index contributed by atoms with van der Waals surface area (Å²) in [6, 6.07) is 13.7. The Morgan fingerprint density at radius 1 is 0.903 bits per heavy atom. The highest BCUT2D eigenvalue weighted by atomic mass is 16.5. The molecule has 0 unspecified atom stereocenters. The van der Waals surface area contributed by atoms with E-state index < -0.39 is 5.92 Å². The molecule has 1 atom stereocenters. The summed E-state index contributed by atoms with van der Waals surface area (Å²) in [5, 5.41) is 0. The number of esters is 2. The summed E-state index contributed by atoms with van der Waals surface area (Å²) in [5.74, 6) is -0.610. The van der Waals surface area contributed by atoms with Gasteiger partial charge in [0.2, 0.25) is 0 Å². The first kappa shape index (κ1) is 24.6. The summed E-state index contributed by atoms with van der Waals surface area (Å²) < 4.78 is 11.0. The minimum absolute atomic E-state index is 0.150. The van der Waals surface area contributed by atoms with E-state index in [-0.39, 0.29) is 29.2 Å². The minimum Gasteiger partial charge on any atom is -0.469 e. The number of hydrogen-bond acceptors (Lipinski definition) is 4. The number of carbonyl (C=O) groups is 2. The third-order valence-electron chi connectivity index (χ3n) is 5.40. The largest absolute Gasteiger partial charge is 0.469 e. The van der Waals surface area contributed by atoms with Crippen LogP contribution in [0.15, 0.2) is 42.5 Å². The average Bonchev–Trinajstić information content (AvgIpc) is 2.68. The lowest BCUT2D eigenvalue weighted by molar-refractivity contribution is -0.141. The van der Waals surface area contributed by atoms with Crippen molar-refractivity contribution in [3.8, 4) is 5.75 Å². The fraction of sp³-hybridized carbons (Fsp3) is 0.481. The Hall–Kier alpha value is -2.62. The molecular formula is C27H36O4. The second-order valence-electron chi connectivity index (χ2n) is 10.2. The van der Waals surface area contributed by atoms with Gasteiger partial charge in [-0.3, -0.25) is 9.59 Å². The van der Waals surface area contributed by atoms with Gasteiger partial charge in [-0.2, -0.15) is 0 Å². The quantitative estimate of drug-likeness (QED) is 0.407. The predicted octanol–water partition coefficient (Wildman–Crippen LogP) is 6.23. The predicted molar refractivity (Wildman–Crippen MR) is 125 cm³/mol. The van der Waals surface area contributed by atoms with Crippen LogP contribution in [0.1, 0.15) is 82.6 Å². The Balaban J connectivity index is 2.52. The maximum atomic E-state index is 13.5. The highest BCUT2D eigenvalue weighted by Gasteiger charge is 2.31. The van der Waals surface area contributed by atoms with Crippen molar-refractivity contribution >= 4 is 11.9 Å². The second-order valence-corrected chi connectivity index (χ2v) is 10.2. The molecule has 0 bridgehead atoms. The highest BCUT2D eigenvalue weighted by molar-refractivity contribution is 5.82. The number of aryl methyl sites for hydroxylation is 1. The topological polar surface area (TPSA) is 52.6 Å². The van der Waals surface area contributed by atoms with Crippen molar-refractivity contribution in [2.45, 2.75) is 78.1 Å². The SMILES string of the molecule is COC(=O)CC[C@H](C(=O)Oc1c(C(C)(C)C)cc(C)cc1C(C)(C)C)c1ccccc1. The van der Waals surface area contributed by atoms with Crippen LogP contribution in [0.3, 0.4) is 0 Å². The van der Waals surface area contributed by atoms with Crippen molar-refractivity contribution in [3.05, 3.63) is 64.7 Å². The summed E-state index contributed by atoms with van der Waals surface area (Å²) in [6.07, 6.45) is 0.481. The van der Waals surface area contributed by atoms with Crippen LogP contribution in [0, 0.1) is 6.92 Å². The Bertz CT molecular complexity index is 879. The molecule has 0 saturated carbocycles. The lowest BCUT2D eigenvalue weighted by atomic mass is 9.78. The summed E-state index contributed by atoms with van der Waals surface area (Å²) in [4.78, 5) is 25.2. The van der Waals surface area contributed by atoms with Gasteiger partial charge >= 0.3 is 11.9 Å². The van der Waals surface area contributed by atoms with E-state index in [1.165, 1.54) is 7.11 Å². The van der Waals surface area contributed by atoms with Crippen molar-refractivity contribution in [2.75, 3.05) is 7.11 Å². The molecule has 2 rings (SSSR count). The van der Waals surface area contributed by atoms with Gasteiger partial charge in [0.1, 0.15) is 5.75 Å². The zero-order valence-corrected chi connectivity index (χ0v) is 20.2. The molecule has 0 aliphatic carbocycles. The molecule has 4 heteroatoms. The molecule has 0 N–H and O–H groups in total. The maximum absolute atomic E-state index is 13.5. The molecule has 0 aliphatic rings. The number of hydrogen-bond donors (Lipinski definition) is 0. The van der Waals surface area contributed by atoms with E-state index in [1.807, 2.05) is 30.3 Å². The normalized spacial score (nSPS) is 12.9. The van der Waals surface area contributed by atoms with E-state index in [4.69, 9.17) is 9.47 Å². The van der Waals surface area contributed by atoms with E-state index in [0.717, 1.165) is 22.3 Å². The third kappa shape index (κ3) is 6.43. The lowest BCUT2D eigenvalue weighted by Crippen LogP contribution is -2.25. The van der Waals surface area contributed by atoms with Crippen molar-refractivity contribution < 1.29 is 19.1 Å². The summed E-state index contributed by atoms with van der Waals surface area (Å²) >= 11 is 0. The Labute approximate surface area is 187 Å². The number of benzene rings is 2. The monoisotopic (exact) mass is 424 g/mol. The first-order chi connectivity index (χ1) is 14.3. The number of carbonyl (C=O) groups excluding carboxylic acids is 2. The first-order valence-corrected chi connectivity index (χ1v) is 10.8. The first-order valence-electron chi connectivity index (χ1n) is 10.8. The van der Waals surface area contributed by atoms with Crippen LogP contribution in [0.5, 0.6) is 5.75 Å². The molecule has 0 radical (unpaired) electrons. The molecule has 0 amide bonds. The van der Waals surface area contributed by atoms with Gasteiger partial charge in [0.05, 0.1) is 13.0 Å². The molecule has 2 aromatic carbocycles. The van der Waals surface area contributed by atoms with Gasteiger partial charge in [0.15, 0.2) is 0 Å². The van der Waals surface area contributed by atoms with Crippen molar-refractivity contribution in [1.82, 2.24) is 0 Å². The van der Waals surface area contributed by atoms with Crippen molar-refractivity contribution in [3.63, 3.8) is 0 Å². The lowest BCUT2D eigenvalue weighted by Gasteiger charge is -2.30. The maximum Gasteiger partial charge on any atom is 0.318 e. The zero-order chi connectivity index (χ0) is 23.4. The molecule has 168 valence electrons. The van der Waals surface area contributed by atoms with Gasteiger partial charge in [-0.1, -0.05) is 89.6 Å². The molecule has 0 aliphatic heterocycles. The fourth-order valence-electron chi connectivity index (χ4n) is 3.64. The van der Waals surface area contributed by atoms with E-state index in [1.54, 1.807) is 0 Å².